The number of carbonyl (C=O) groups is 1. The minimum Gasteiger partial charge on any atom is -0.447 e. The molecule has 1 aliphatic heterocycles. The molecular formula is C15H21NO3. The number of amides is 1. The van der Waals surface area contributed by atoms with Crippen molar-refractivity contribution in [2.75, 3.05) is 26.3 Å². The molecule has 0 aromatic heterocycles. The van der Waals surface area contributed by atoms with E-state index < -0.39 is 0 Å². The number of aliphatic hydroxyl groups excluding tert-OH is 1. The van der Waals surface area contributed by atoms with Gasteiger partial charge in [0, 0.05) is 13.1 Å². The van der Waals surface area contributed by atoms with Gasteiger partial charge in [-0.2, -0.15) is 0 Å². The van der Waals surface area contributed by atoms with E-state index >= 15 is 0 Å². The van der Waals surface area contributed by atoms with Gasteiger partial charge in [-0.1, -0.05) is 30.3 Å². The van der Waals surface area contributed by atoms with Crippen LogP contribution in [0.4, 0.5) is 4.79 Å². The van der Waals surface area contributed by atoms with Crippen molar-refractivity contribution >= 4 is 6.09 Å². The van der Waals surface area contributed by atoms with E-state index in [-0.39, 0.29) is 19.3 Å². The van der Waals surface area contributed by atoms with Gasteiger partial charge in [-0.15, -0.1) is 0 Å². The molecule has 1 aromatic carbocycles. The molecule has 0 radical (unpaired) electrons. The monoisotopic (exact) mass is 263 g/mol. The average molecular weight is 263 g/mol. The standard InChI is InChI=1S/C15H21NO3/c17-10-11-19-15(18)16-8-6-14(7-9-16)12-13-4-2-1-3-5-13/h1-5,14,17H,6-12H2. The fourth-order valence-electron chi connectivity index (χ4n) is 2.49. The summed E-state index contributed by atoms with van der Waals surface area (Å²) in [5.74, 6) is 0.643. The van der Waals surface area contributed by atoms with Crippen molar-refractivity contribution < 1.29 is 14.6 Å². The number of ether oxygens (including phenoxy) is 1. The van der Waals surface area contributed by atoms with Gasteiger partial charge >= 0.3 is 6.09 Å². The van der Waals surface area contributed by atoms with Crippen LogP contribution in [-0.4, -0.2) is 42.4 Å². The summed E-state index contributed by atoms with van der Waals surface area (Å²) in [5, 5.41) is 8.62. The molecule has 0 aliphatic carbocycles. The van der Waals surface area contributed by atoms with Crippen molar-refractivity contribution in [3.8, 4) is 0 Å². The summed E-state index contributed by atoms with van der Waals surface area (Å²) in [6.07, 6.45) is 2.82. The molecule has 1 N–H and O–H groups in total. The number of rotatable bonds is 4. The van der Waals surface area contributed by atoms with E-state index in [9.17, 15) is 4.79 Å². The molecule has 4 heteroatoms. The van der Waals surface area contributed by atoms with Crippen molar-refractivity contribution in [3.05, 3.63) is 35.9 Å². The molecule has 0 spiro atoms. The first-order chi connectivity index (χ1) is 9.29. The second kappa shape index (κ2) is 7.14. The van der Waals surface area contributed by atoms with Gasteiger partial charge in [0.15, 0.2) is 0 Å². The van der Waals surface area contributed by atoms with Crippen LogP contribution in [0.15, 0.2) is 30.3 Å². The summed E-state index contributed by atoms with van der Waals surface area (Å²) < 4.78 is 4.92. The van der Waals surface area contributed by atoms with Crippen LogP contribution in [0.3, 0.4) is 0 Å². The van der Waals surface area contributed by atoms with Crippen molar-refractivity contribution in [2.24, 2.45) is 5.92 Å². The Morgan fingerprint density at radius 1 is 1.26 bits per heavy atom. The van der Waals surface area contributed by atoms with Crippen LogP contribution in [0.2, 0.25) is 0 Å². The maximum absolute atomic E-state index is 11.6. The number of aliphatic hydroxyl groups is 1. The van der Waals surface area contributed by atoms with E-state index in [4.69, 9.17) is 9.84 Å². The molecule has 19 heavy (non-hydrogen) atoms. The van der Waals surface area contributed by atoms with Crippen molar-refractivity contribution in [1.29, 1.82) is 0 Å². The highest BCUT2D eigenvalue weighted by atomic mass is 16.6. The van der Waals surface area contributed by atoms with Crippen molar-refractivity contribution in [2.45, 2.75) is 19.3 Å². The van der Waals surface area contributed by atoms with Crippen LogP contribution in [0.25, 0.3) is 0 Å². The van der Waals surface area contributed by atoms with Crippen molar-refractivity contribution in [3.63, 3.8) is 0 Å². The highest BCUT2D eigenvalue weighted by molar-refractivity contribution is 5.67. The van der Waals surface area contributed by atoms with E-state index in [0.29, 0.717) is 5.92 Å². The summed E-state index contributed by atoms with van der Waals surface area (Å²) in [7, 11) is 0. The van der Waals surface area contributed by atoms with Gasteiger partial charge in [0.25, 0.3) is 0 Å². The Morgan fingerprint density at radius 3 is 2.58 bits per heavy atom. The highest BCUT2D eigenvalue weighted by Crippen LogP contribution is 2.21. The minimum atomic E-state index is -0.299. The highest BCUT2D eigenvalue weighted by Gasteiger charge is 2.23. The van der Waals surface area contributed by atoms with Crippen LogP contribution in [0.1, 0.15) is 18.4 Å². The molecule has 4 nitrogen and oxygen atoms in total. The third kappa shape index (κ3) is 4.24. The molecule has 0 bridgehead atoms. The maximum Gasteiger partial charge on any atom is 0.409 e. The number of nitrogens with zero attached hydrogens (tertiary/aromatic N) is 1. The number of likely N-dealkylation sites (tertiary alicyclic amines) is 1. The first-order valence-corrected chi connectivity index (χ1v) is 6.86. The maximum atomic E-state index is 11.6. The lowest BCUT2D eigenvalue weighted by atomic mass is 9.90. The molecular weight excluding hydrogens is 242 g/mol. The SMILES string of the molecule is O=C(OCCO)N1CCC(Cc2ccccc2)CC1. The lowest BCUT2D eigenvalue weighted by Gasteiger charge is -2.31. The van der Waals surface area contributed by atoms with Gasteiger partial charge in [-0.3, -0.25) is 0 Å². The van der Waals surface area contributed by atoms with E-state index in [1.807, 2.05) is 6.07 Å². The fraction of sp³-hybridized carbons (Fsp3) is 0.533. The lowest BCUT2D eigenvalue weighted by Crippen LogP contribution is -2.39. The van der Waals surface area contributed by atoms with Gasteiger partial charge < -0.3 is 14.7 Å². The zero-order chi connectivity index (χ0) is 13.5. The second-order valence-electron chi connectivity index (χ2n) is 4.96. The van der Waals surface area contributed by atoms with E-state index in [1.165, 1.54) is 5.56 Å². The van der Waals surface area contributed by atoms with Gasteiger partial charge in [-0.25, -0.2) is 4.79 Å². The zero-order valence-corrected chi connectivity index (χ0v) is 11.1. The largest absolute Gasteiger partial charge is 0.447 e. The van der Waals surface area contributed by atoms with Crippen LogP contribution in [-0.2, 0) is 11.2 Å². The third-order valence-electron chi connectivity index (χ3n) is 3.56. The topological polar surface area (TPSA) is 49.8 Å². The van der Waals surface area contributed by atoms with E-state index in [0.717, 1.165) is 32.4 Å². The van der Waals surface area contributed by atoms with Crippen LogP contribution in [0, 0.1) is 5.92 Å². The van der Waals surface area contributed by atoms with Crippen molar-refractivity contribution in [1.82, 2.24) is 4.90 Å². The Kier molecular flexibility index (Phi) is 5.21. The Labute approximate surface area is 114 Å². The molecule has 1 saturated heterocycles. The first kappa shape index (κ1) is 13.9. The van der Waals surface area contributed by atoms with Crippen LogP contribution in [0.5, 0.6) is 0 Å². The molecule has 0 atom stereocenters. The van der Waals surface area contributed by atoms with Gasteiger partial charge in [0.2, 0.25) is 0 Å². The van der Waals surface area contributed by atoms with Gasteiger partial charge in [-0.05, 0) is 30.7 Å². The Hall–Kier alpha value is -1.55. The number of hydrogen-bond donors (Lipinski definition) is 1. The lowest BCUT2D eigenvalue weighted by molar-refractivity contribution is 0.0729. The molecule has 1 heterocycles. The molecule has 1 amide bonds. The van der Waals surface area contributed by atoms with Crippen LogP contribution < -0.4 is 0 Å². The van der Waals surface area contributed by atoms with E-state index in [1.54, 1.807) is 4.90 Å². The molecule has 2 rings (SSSR count). The smallest absolute Gasteiger partial charge is 0.409 e. The summed E-state index contributed by atoms with van der Waals surface area (Å²) in [6.45, 7) is 1.47. The Morgan fingerprint density at radius 2 is 1.95 bits per heavy atom. The quantitative estimate of drug-likeness (QED) is 0.904. The van der Waals surface area contributed by atoms with E-state index in [2.05, 4.69) is 24.3 Å². The minimum absolute atomic E-state index is 0.0861. The summed E-state index contributed by atoms with van der Waals surface area (Å²) in [4.78, 5) is 13.3. The number of piperidine rings is 1. The van der Waals surface area contributed by atoms with Gasteiger partial charge in [0.05, 0.1) is 6.61 Å². The number of carbonyl (C=O) groups excluding carboxylic acids is 1. The summed E-state index contributed by atoms with van der Waals surface area (Å²) in [5.41, 5.74) is 1.36. The normalized spacial score (nSPS) is 16.4. The molecule has 104 valence electrons. The zero-order valence-electron chi connectivity index (χ0n) is 11.1. The second-order valence-corrected chi connectivity index (χ2v) is 4.96. The molecule has 1 aliphatic rings. The fourth-order valence-corrected chi connectivity index (χ4v) is 2.49. The average Bonchev–Trinajstić information content (AvgIpc) is 2.46. The summed E-state index contributed by atoms with van der Waals surface area (Å²) in [6, 6.07) is 10.5. The van der Waals surface area contributed by atoms with Crippen LogP contribution >= 0.6 is 0 Å². The predicted octanol–water partition coefficient (Wildman–Crippen LogP) is 2.07. The molecule has 0 unspecified atom stereocenters. The number of benzene rings is 1. The molecule has 0 saturated carbocycles. The Bertz CT molecular complexity index is 386. The Balaban J connectivity index is 1.75. The number of hydrogen-bond acceptors (Lipinski definition) is 3. The predicted molar refractivity (Wildman–Crippen MR) is 72.9 cm³/mol. The molecule has 1 aromatic rings. The molecule has 1 fully saturated rings. The third-order valence-corrected chi connectivity index (χ3v) is 3.56. The first-order valence-electron chi connectivity index (χ1n) is 6.86. The van der Waals surface area contributed by atoms with Gasteiger partial charge in [0.1, 0.15) is 6.61 Å². The summed E-state index contributed by atoms with van der Waals surface area (Å²) >= 11 is 0.